The van der Waals surface area contributed by atoms with Crippen LogP contribution in [-0.2, 0) is 9.84 Å². The number of nitrogens with one attached hydrogen (secondary N) is 1. The molecule has 0 aromatic heterocycles. The van der Waals surface area contributed by atoms with Crippen molar-refractivity contribution in [1.82, 2.24) is 10.2 Å². The van der Waals surface area contributed by atoms with Gasteiger partial charge >= 0.3 is 6.03 Å². The topological polar surface area (TPSA) is 94.2 Å². The van der Waals surface area contributed by atoms with Crippen LogP contribution in [0.5, 0.6) is 17.2 Å². The van der Waals surface area contributed by atoms with Gasteiger partial charge in [-0.15, -0.1) is 0 Å². The Morgan fingerprint density at radius 2 is 1.81 bits per heavy atom. The van der Waals surface area contributed by atoms with E-state index in [-0.39, 0.29) is 30.2 Å². The van der Waals surface area contributed by atoms with Crippen molar-refractivity contribution >= 4 is 15.9 Å². The predicted octanol–water partition coefficient (Wildman–Crippen LogP) is 1.30. The van der Waals surface area contributed by atoms with E-state index in [9.17, 15) is 13.2 Å². The molecule has 1 aromatic carbocycles. The van der Waals surface area contributed by atoms with Crippen molar-refractivity contribution in [3.8, 4) is 17.2 Å². The van der Waals surface area contributed by atoms with Gasteiger partial charge in [-0.05, 0) is 13.3 Å². The average molecular weight is 386 g/mol. The number of nitrogens with zero attached hydrogens (tertiary/aromatic N) is 1. The van der Waals surface area contributed by atoms with Crippen LogP contribution >= 0.6 is 0 Å². The molecule has 8 nitrogen and oxygen atoms in total. The fraction of sp³-hybridized carbons (Fsp3) is 0.588. The first-order valence-corrected chi connectivity index (χ1v) is 10.3. The van der Waals surface area contributed by atoms with Crippen LogP contribution in [0.4, 0.5) is 4.79 Å². The van der Waals surface area contributed by atoms with E-state index in [1.807, 2.05) is 6.92 Å². The number of amides is 2. The molecule has 26 heavy (non-hydrogen) atoms. The summed E-state index contributed by atoms with van der Waals surface area (Å²) in [7, 11) is 0.0851. The molecule has 2 rings (SSSR count). The van der Waals surface area contributed by atoms with E-state index < -0.39 is 9.84 Å². The Labute approximate surface area is 154 Å². The van der Waals surface area contributed by atoms with Crippen LogP contribution in [-0.4, -0.2) is 70.8 Å². The predicted molar refractivity (Wildman–Crippen MR) is 97.9 cm³/mol. The number of carbonyl (C=O) groups excluding carboxylic acids is 1. The number of benzene rings is 1. The van der Waals surface area contributed by atoms with E-state index in [0.29, 0.717) is 36.8 Å². The van der Waals surface area contributed by atoms with Crippen LogP contribution in [0.25, 0.3) is 0 Å². The number of ether oxygens (including phenoxy) is 3. The molecule has 1 saturated heterocycles. The highest BCUT2D eigenvalue weighted by molar-refractivity contribution is 7.91. The van der Waals surface area contributed by atoms with E-state index in [1.54, 1.807) is 37.3 Å². The Hall–Kier alpha value is -2.16. The molecule has 1 fully saturated rings. The molecule has 1 aromatic rings. The average Bonchev–Trinajstić information content (AvgIpc) is 2.98. The van der Waals surface area contributed by atoms with Crippen molar-refractivity contribution in [2.45, 2.75) is 19.4 Å². The van der Waals surface area contributed by atoms with Crippen LogP contribution in [0.2, 0.25) is 0 Å². The lowest BCUT2D eigenvalue weighted by molar-refractivity contribution is 0.181. The van der Waals surface area contributed by atoms with E-state index >= 15 is 0 Å². The summed E-state index contributed by atoms with van der Waals surface area (Å²) in [5.74, 6) is 1.98. The monoisotopic (exact) mass is 386 g/mol. The Kier molecular flexibility index (Phi) is 6.96. The first-order chi connectivity index (χ1) is 12.4. The number of sulfone groups is 1. The third-order valence-corrected chi connectivity index (χ3v) is 5.97. The molecule has 9 heteroatoms. The lowest BCUT2D eigenvalue weighted by Gasteiger charge is -2.27. The first kappa shape index (κ1) is 20.2. The minimum Gasteiger partial charge on any atom is -0.496 e. The largest absolute Gasteiger partial charge is 0.496 e. The maximum atomic E-state index is 12.3. The number of carbonyl (C=O) groups is 1. The summed E-state index contributed by atoms with van der Waals surface area (Å²) < 4.78 is 39.2. The molecule has 1 aliphatic rings. The van der Waals surface area contributed by atoms with E-state index in [1.165, 1.54) is 0 Å². The van der Waals surface area contributed by atoms with E-state index in [2.05, 4.69) is 5.32 Å². The molecule has 146 valence electrons. The third kappa shape index (κ3) is 5.42. The zero-order chi connectivity index (χ0) is 19.2. The third-order valence-electron chi connectivity index (χ3n) is 4.22. The van der Waals surface area contributed by atoms with Gasteiger partial charge < -0.3 is 24.4 Å². The normalized spacial score (nSPS) is 18.2. The maximum absolute atomic E-state index is 12.3. The molecule has 1 atom stereocenters. The summed E-state index contributed by atoms with van der Waals surface area (Å²) in [4.78, 5) is 13.9. The van der Waals surface area contributed by atoms with Gasteiger partial charge in [0, 0.05) is 30.8 Å². The van der Waals surface area contributed by atoms with Gasteiger partial charge in [-0.3, -0.25) is 0 Å². The highest BCUT2D eigenvalue weighted by Gasteiger charge is 2.33. The van der Waals surface area contributed by atoms with Crippen molar-refractivity contribution in [3.05, 3.63) is 18.2 Å². The lowest BCUT2D eigenvalue weighted by atomic mass is 10.2. The van der Waals surface area contributed by atoms with Crippen LogP contribution in [0, 0.1) is 0 Å². The Balaban J connectivity index is 1.82. The second-order valence-corrected chi connectivity index (χ2v) is 8.20. The molecule has 1 aliphatic heterocycles. The van der Waals surface area contributed by atoms with Gasteiger partial charge in [-0.1, -0.05) is 0 Å². The summed E-state index contributed by atoms with van der Waals surface area (Å²) in [5.41, 5.74) is 0. The van der Waals surface area contributed by atoms with Gasteiger partial charge in [0.15, 0.2) is 9.84 Å². The number of hydrogen-bond donors (Lipinski definition) is 1. The summed E-state index contributed by atoms with van der Waals surface area (Å²) in [5, 5.41) is 2.77. The van der Waals surface area contributed by atoms with Crippen LogP contribution in [0.3, 0.4) is 0 Å². The molecule has 0 radical (unpaired) electrons. The minimum atomic E-state index is -3.03. The smallest absolute Gasteiger partial charge is 0.317 e. The standard InChI is InChI=1S/C17H26N2O6S/c1-4-19(13-5-8-26(21,22)12-13)17(20)18-6-7-25-16-10-14(23-2)9-15(11-16)24-3/h9-11,13H,4-8,12H2,1-3H3,(H,18,20). The first-order valence-electron chi connectivity index (χ1n) is 8.49. The van der Waals surface area contributed by atoms with Crippen LogP contribution in [0.1, 0.15) is 13.3 Å². The fourth-order valence-electron chi connectivity index (χ4n) is 2.88. The van der Waals surface area contributed by atoms with Crippen molar-refractivity contribution in [2.24, 2.45) is 0 Å². The van der Waals surface area contributed by atoms with Gasteiger partial charge in [0.2, 0.25) is 0 Å². The summed E-state index contributed by atoms with van der Waals surface area (Å²) in [6.45, 7) is 2.86. The fourth-order valence-corrected chi connectivity index (χ4v) is 4.61. The Bertz CT molecular complexity index is 700. The molecular formula is C17H26N2O6S. The van der Waals surface area contributed by atoms with Crippen molar-refractivity contribution in [1.29, 1.82) is 0 Å². The summed E-state index contributed by atoms with van der Waals surface area (Å²) >= 11 is 0. The molecule has 0 spiro atoms. The molecule has 0 bridgehead atoms. The summed E-state index contributed by atoms with van der Waals surface area (Å²) in [6, 6.07) is 4.66. The SMILES string of the molecule is CCN(C(=O)NCCOc1cc(OC)cc(OC)c1)C1CCS(=O)(=O)C1. The van der Waals surface area contributed by atoms with Gasteiger partial charge in [0.1, 0.15) is 23.9 Å². The van der Waals surface area contributed by atoms with Gasteiger partial charge in [0.25, 0.3) is 0 Å². The highest BCUT2D eigenvalue weighted by Crippen LogP contribution is 2.27. The molecule has 0 saturated carbocycles. The van der Waals surface area contributed by atoms with Crippen molar-refractivity contribution < 1.29 is 27.4 Å². The minimum absolute atomic E-state index is 0.0361. The number of urea groups is 1. The van der Waals surface area contributed by atoms with E-state index in [4.69, 9.17) is 14.2 Å². The molecule has 1 unspecified atom stereocenters. The summed E-state index contributed by atoms with van der Waals surface area (Å²) in [6.07, 6.45) is 0.490. The van der Waals surface area contributed by atoms with Gasteiger partial charge in [-0.2, -0.15) is 0 Å². The zero-order valence-corrected chi connectivity index (χ0v) is 16.2. The maximum Gasteiger partial charge on any atom is 0.317 e. The molecule has 2 amide bonds. The second-order valence-electron chi connectivity index (χ2n) is 5.97. The van der Waals surface area contributed by atoms with E-state index in [0.717, 1.165) is 0 Å². The second kappa shape index (κ2) is 8.98. The quantitative estimate of drug-likeness (QED) is 0.677. The van der Waals surface area contributed by atoms with Crippen molar-refractivity contribution in [2.75, 3.05) is 45.4 Å². The van der Waals surface area contributed by atoms with Gasteiger partial charge in [0.05, 0.1) is 32.3 Å². The Morgan fingerprint density at radius 3 is 2.31 bits per heavy atom. The molecule has 0 aliphatic carbocycles. The van der Waals surface area contributed by atoms with Crippen LogP contribution < -0.4 is 19.5 Å². The number of rotatable bonds is 8. The molecule has 1 N–H and O–H groups in total. The van der Waals surface area contributed by atoms with Crippen molar-refractivity contribution in [3.63, 3.8) is 0 Å². The van der Waals surface area contributed by atoms with Crippen LogP contribution in [0.15, 0.2) is 18.2 Å². The highest BCUT2D eigenvalue weighted by atomic mass is 32.2. The molecular weight excluding hydrogens is 360 g/mol. The lowest BCUT2D eigenvalue weighted by Crippen LogP contribution is -2.47. The number of hydrogen-bond acceptors (Lipinski definition) is 6. The zero-order valence-electron chi connectivity index (χ0n) is 15.4. The number of methoxy groups -OCH3 is 2. The Morgan fingerprint density at radius 1 is 1.19 bits per heavy atom. The van der Waals surface area contributed by atoms with Gasteiger partial charge in [-0.25, -0.2) is 13.2 Å². The molecule has 1 heterocycles.